The third-order valence-corrected chi connectivity index (χ3v) is 5.48. The zero-order chi connectivity index (χ0) is 21.7. The van der Waals surface area contributed by atoms with Crippen molar-refractivity contribution in [3.8, 4) is 5.75 Å². The van der Waals surface area contributed by atoms with E-state index in [-0.39, 0.29) is 24.6 Å². The van der Waals surface area contributed by atoms with Gasteiger partial charge < -0.3 is 15.4 Å². The van der Waals surface area contributed by atoms with E-state index in [0.29, 0.717) is 13.1 Å². The fourth-order valence-corrected chi connectivity index (χ4v) is 4.33. The number of fused-ring (bicyclic) bond motifs is 1. The van der Waals surface area contributed by atoms with Crippen LogP contribution in [0.4, 0.5) is 10.5 Å². The number of pyridine rings is 1. The SMILES string of the molecule is Cc1cc(C)c2c(n1)SCCN2C(=O)NCC(=O)NCc1ccc(OC(C)C)cc1. The largest absolute Gasteiger partial charge is 0.491 e. The van der Waals surface area contributed by atoms with Gasteiger partial charge in [0.05, 0.1) is 18.3 Å². The van der Waals surface area contributed by atoms with Gasteiger partial charge in [0, 0.05) is 24.5 Å². The van der Waals surface area contributed by atoms with E-state index in [1.54, 1.807) is 16.7 Å². The van der Waals surface area contributed by atoms with Crippen molar-refractivity contribution in [1.82, 2.24) is 15.6 Å². The van der Waals surface area contributed by atoms with E-state index >= 15 is 0 Å². The van der Waals surface area contributed by atoms with E-state index < -0.39 is 0 Å². The number of rotatable bonds is 6. The molecule has 0 bridgehead atoms. The molecular weight excluding hydrogens is 400 g/mol. The molecule has 1 aromatic heterocycles. The van der Waals surface area contributed by atoms with Crippen LogP contribution in [-0.2, 0) is 11.3 Å². The van der Waals surface area contributed by atoms with Crippen LogP contribution >= 0.6 is 11.8 Å². The van der Waals surface area contributed by atoms with Crippen LogP contribution in [0.2, 0.25) is 0 Å². The Morgan fingerprint density at radius 1 is 1.20 bits per heavy atom. The van der Waals surface area contributed by atoms with Crippen LogP contribution in [0.3, 0.4) is 0 Å². The first kappa shape index (κ1) is 22.0. The first-order valence-electron chi connectivity index (χ1n) is 10.0. The third kappa shape index (κ3) is 5.66. The number of amides is 3. The van der Waals surface area contributed by atoms with Crippen LogP contribution in [0.5, 0.6) is 5.75 Å². The summed E-state index contributed by atoms with van der Waals surface area (Å²) in [5.74, 6) is 1.34. The lowest BCUT2D eigenvalue weighted by atomic mass is 10.2. The van der Waals surface area contributed by atoms with Gasteiger partial charge in [-0.1, -0.05) is 12.1 Å². The first-order chi connectivity index (χ1) is 14.3. The Bertz CT molecular complexity index is 915. The van der Waals surface area contributed by atoms with E-state index in [2.05, 4.69) is 15.6 Å². The molecule has 3 rings (SSSR count). The molecule has 3 amide bonds. The van der Waals surface area contributed by atoms with Gasteiger partial charge in [0.2, 0.25) is 5.91 Å². The van der Waals surface area contributed by atoms with Crippen LogP contribution in [0.15, 0.2) is 35.4 Å². The number of ether oxygens (including phenoxy) is 1. The van der Waals surface area contributed by atoms with Gasteiger partial charge in [0.1, 0.15) is 10.8 Å². The Hall–Kier alpha value is -2.74. The summed E-state index contributed by atoms with van der Waals surface area (Å²) in [4.78, 5) is 31.1. The summed E-state index contributed by atoms with van der Waals surface area (Å²) in [7, 11) is 0. The number of nitrogens with zero attached hydrogens (tertiary/aromatic N) is 2. The highest BCUT2D eigenvalue weighted by Crippen LogP contribution is 2.36. The van der Waals surface area contributed by atoms with E-state index in [1.807, 2.05) is 58.0 Å². The molecule has 0 radical (unpaired) electrons. The number of benzene rings is 1. The molecule has 2 heterocycles. The van der Waals surface area contributed by atoms with Crippen molar-refractivity contribution in [2.75, 3.05) is 23.7 Å². The highest BCUT2D eigenvalue weighted by Gasteiger charge is 2.26. The molecule has 1 aliphatic heterocycles. The number of carbonyl (C=O) groups excluding carboxylic acids is 2. The standard InChI is InChI=1S/C22H28N4O3S/c1-14(2)29-18-7-5-17(6-8-18)12-23-19(27)13-24-22(28)26-9-10-30-21-20(26)15(3)11-16(4)25-21/h5-8,11,14H,9-10,12-13H2,1-4H3,(H,23,27)(H,24,28). The number of aromatic nitrogens is 1. The summed E-state index contributed by atoms with van der Waals surface area (Å²) < 4.78 is 5.61. The number of hydrogen-bond acceptors (Lipinski definition) is 5. The number of nitrogens with one attached hydrogen (secondary N) is 2. The van der Waals surface area contributed by atoms with Gasteiger partial charge in [-0.3, -0.25) is 9.69 Å². The van der Waals surface area contributed by atoms with Crippen molar-refractivity contribution >= 4 is 29.4 Å². The summed E-state index contributed by atoms with van der Waals surface area (Å²) in [6.07, 6.45) is 0.119. The Kier molecular flexibility index (Phi) is 7.20. The second-order valence-electron chi connectivity index (χ2n) is 7.48. The lowest BCUT2D eigenvalue weighted by molar-refractivity contribution is -0.120. The minimum atomic E-state index is -0.282. The van der Waals surface area contributed by atoms with Gasteiger partial charge >= 0.3 is 6.03 Å². The van der Waals surface area contributed by atoms with Gasteiger partial charge in [-0.2, -0.15) is 0 Å². The van der Waals surface area contributed by atoms with Crippen LogP contribution < -0.4 is 20.3 Å². The minimum Gasteiger partial charge on any atom is -0.491 e. The summed E-state index contributed by atoms with van der Waals surface area (Å²) in [6, 6.07) is 9.28. The normalized spacial score (nSPS) is 13.0. The summed E-state index contributed by atoms with van der Waals surface area (Å²) in [6.45, 7) is 8.77. The topological polar surface area (TPSA) is 83.6 Å². The Labute approximate surface area is 181 Å². The van der Waals surface area contributed by atoms with Gasteiger partial charge in [0.15, 0.2) is 0 Å². The zero-order valence-electron chi connectivity index (χ0n) is 17.8. The molecule has 0 aliphatic carbocycles. The van der Waals surface area contributed by atoms with Crippen molar-refractivity contribution in [1.29, 1.82) is 0 Å². The Morgan fingerprint density at radius 3 is 2.63 bits per heavy atom. The molecule has 0 fully saturated rings. The van der Waals surface area contributed by atoms with E-state index in [0.717, 1.165) is 39.0 Å². The van der Waals surface area contributed by atoms with Gasteiger partial charge in [0.25, 0.3) is 0 Å². The van der Waals surface area contributed by atoms with Crippen molar-refractivity contribution < 1.29 is 14.3 Å². The lowest BCUT2D eigenvalue weighted by Crippen LogP contribution is -2.46. The number of anilines is 1. The summed E-state index contributed by atoms with van der Waals surface area (Å²) >= 11 is 1.65. The number of aryl methyl sites for hydroxylation is 2. The second kappa shape index (κ2) is 9.84. The van der Waals surface area contributed by atoms with Gasteiger partial charge in [-0.25, -0.2) is 9.78 Å². The van der Waals surface area contributed by atoms with Crippen LogP contribution in [-0.4, -0.2) is 41.9 Å². The molecule has 2 aromatic rings. The number of urea groups is 1. The summed E-state index contributed by atoms with van der Waals surface area (Å²) in [5.41, 5.74) is 3.74. The smallest absolute Gasteiger partial charge is 0.322 e. The molecule has 0 saturated carbocycles. The van der Waals surface area contributed by atoms with E-state index in [1.165, 1.54) is 0 Å². The maximum absolute atomic E-state index is 12.7. The number of hydrogen-bond donors (Lipinski definition) is 2. The van der Waals surface area contributed by atoms with Gasteiger partial charge in [-0.15, -0.1) is 11.8 Å². The minimum absolute atomic E-state index is 0.0787. The fourth-order valence-electron chi connectivity index (χ4n) is 3.25. The molecule has 0 spiro atoms. The summed E-state index contributed by atoms with van der Waals surface area (Å²) in [5, 5.41) is 6.41. The van der Waals surface area contributed by atoms with Crippen LogP contribution in [0.1, 0.15) is 30.7 Å². The van der Waals surface area contributed by atoms with Crippen LogP contribution in [0, 0.1) is 13.8 Å². The second-order valence-corrected chi connectivity index (χ2v) is 8.56. The van der Waals surface area contributed by atoms with Crippen molar-refractivity contribution in [3.05, 3.63) is 47.2 Å². The molecule has 1 aliphatic rings. The average molecular weight is 429 g/mol. The highest BCUT2D eigenvalue weighted by molar-refractivity contribution is 7.99. The molecule has 160 valence electrons. The molecule has 0 saturated heterocycles. The molecular formula is C22H28N4O3S. The van der Waals surface area contributed by atoms with E-state index in [9.17, 15) is 9.59 Å². The van der Waals surface area contributed by atoms with Crippen LogP contribution in [0.25, 0.3) is 0 Å². The first-order valence-corrected chi connectivity index (χ1v) is 11.0. The lowest BCUT2D eigenvalue weighted by Gasteiger charge is -2.30. The molecule has 30 heavy (non-hydrogen) atoms. The fraction of sp³-hybridized carbons (Fsp3) is 0.409. The monoisotopic (exact) mass is 428 g/mol. The van der Waals surface area contributed by atoms with Crippen molar-refractivity contribution in [2.24, 2.45) is 0 Å². The molecule has 1 aromatic carbocycles. The predicted octanol–water partition coefficient (Wildman–Crippen LogP) is 3.42. The third-order valence-electron chi connectivity index (χ3n) is 4.53. The van der Waals surface area contributed by atoms with Gasteiger partial charge in [-0.05, 0) is 57.0 Å². The molecule has 2 N–H and O–H groups in total. The predicted molar refractivity (Wildman–Crippen MR) is 119 cm³/mol. The Balaban J connectivity index is 1.50. The zero-order valence-corrected chi connectivity index (χ0v) is 18.6. The maximum atomic E-state index is 12.7. The Morgan fingerprint density at radius 2 is 1.93 bits per heavy atom. The highest BCUT2D eigenvalue weighted by atomic mass is 32.2. The number of thioether (sulfide) groups is 1. The molecule has 0 atom stereocenters. The molecule has 7 nitrogen and oxygen atoms in total. The van der Waals surface area contributed by atoms with Crippen molar-refractivity contribution in [3.63, 3.8) is 0 Å². The quantitative estimate of drug-likeness (QED) is 0.737. The average Bonchev–Trinajstić information content (AvgIpc) is 2.70. The molecule has 8 heteroatoms. The molecule has 0 unspecified atom stereocenters. The van der Waals surface area contributed by atoms with E-state index in [4.69, 9.17) is 4.74 Å². The maximum Gasteiger partial charge on any atom is 0.322 e. The van der Waals surface area contributed by atoms with Crippen molar-refractivity contribution in [2.45, 2.75) is 45.4 Å². The number of carbonyl (C=O) groups is 2.